The van der Waals surface area contributed by atoms with Crippen molar-refractivity contribution < 1.29 is 4.74 Å². The minimum Gasteiger partial charge on any atom is -0.379 e. The smallest absolute Gasteiger partial charge is 0.263 e. The SMILES string of the molecule is N#Cc1cccc(Cn2c(CN3CCOCC3)nc3scc(-c4cccs4)c3c2=O)c1. The maximum absolute atomic E-state index is 13.8. The van der Waals surface area contributed by atoms with Crippen LogP contribution in [0.25, 0.3) is 20.7 Å². The normalized spacial score (nSPS) is 14.7. The Balaban J connectivity index is 1.63. The highest BCUT2D eigenvalue weighted by molar-refractivity contribution is 7.18. The Morgan fingerprint density at radius 1 is 1.13 bits per heavy atom. The van der Waals surface area contributed by atoms with Gasteiger partial charge in [0.05, 0.1) is 43.3 Å². The Morgan fingerprint density at radius 2 is 2.00 bits per heavy atom. The molecule has 0 aliphatic carbocycles. The highest BCUT2D eigenvalue weighted by Crippen LogP contribution is 2.34. The van der Waals surface area contributed by atoms with Gasteiger partial charge < -0.3 is 4.74 Å². The van der Waals surface area contributed by atoms with E-state index in [2.05, 4.69) is 11.0 Å². The second-order valence-corrected chi connectivity index (χ2v) is 9.23. The lowest BCUT2D eigenvalue weighted by Crippen LogP contribution is -2.38. The number of thiophene rings is 2. The largest absolute Gasteiger partial charge is 0.379 e. The number of morpholine rings is 1. The van der Waals surface area contributed by atoms with Gasteiger partial charge in [0.15, 0.2) is 0 Å². The Morgan fingerprint density at radius 3 is 2.77 bits per heavy atom. The van der Waals surface area contributed by atoms with Gasteiger partial charge in [-0.05, 0) is 29.1 Å². The van der Waals surface area contributed by atoms with Crippen molar-refractivity contribution in [1.82, 2.24) is 14.5 Å². The fraction of sp³-hybridized carbons (Fsp3) is 0.261. The Hall–Kier alpha value is -2.83. The summed E-state index contributed by atoms with van der Waals surface area (Å²) in [4.78, 5) is 22.8. The van der Waals surface area contributed by atoms with Crippen LogP contribution in [0.4, 0.5) is 0 Å². The van der Waals surface area contributed by atoms with Crippen molar-refractivity contribution in [3.63, 3.8) is 0 Å². The van der Waals surface area contributed by atoms with Crippen molar-refractivity contribution in [2.24, 2.45) is 0 Å². The molecule has 1 aromatic carbocycles. The molecule has 1 fully saturated rings. The molecule has 5 rings (SSSR count). The van der Waals surface area contributed by atoms with Gasteiger partial charge in [-0.1, -0.05) is 18.2 Å². The average Bonchev–Trinajstić information content (AvgIpc) is 3.47. The third kappa shape index (κ3) is 4.05. The second kappa shape index (κ2) is 8.73. The van der Waals surface area contributed by atoms with Crippen molar-refractivity contribution in [3.05, 3.63) is 74.5 Å². The van der Waals surface area contributed by atoms with E-state index in [0.29, 0.717) is 37.3 Å². The van der Waals surface area contributed by atoms with Crippen LogP contribution < -0.4 is 5.56 Å². The summed E-state index contributed by atoms with van der Waals surface area (Å²) >= 11 is 3.14. The molecule has 4 heterocycles. The van der Waals surface area contributed by atoms with Crippen LogP contribution >= 0.6 is 22.7 Å². The number of hydrogen-bond donors (Lipinski definition) is 0. The molecule has 1 saturated heterocycles. The predicted molar refractivity (Wildman–Crippen MR) is 124 cm³/mol. The molecule has 156 valence electrons. The molecule has 1 aliphatic heterocycles. The number of fused-ring (bicyclic) bond motifs is 1. The lowest BCUT2D eigenvalue weighted by molar-refractivity contribution is 0.0325. The summed E-state index contributed by atoms with van der Waals surface area (Å²) < 4.78 is 7.25. The number of nitrogens with zero attached hydrogens (tertiary/aromatic N) is 4. The summed E-state index contributed by atoms with van der Waals surface area (Å²) in [5.74, 6) is 0.751. The summed E-state index contributed by atoms with van der Waals surface area (Å²) in [7, 11) is 0. The van der Waals surface area contributed by atoms with Crippen molar-refractivity contribution in [2.45, 2.75) is 13.1 Å². The molecule has 0 N–H and O–H groups in total. The first-order valence-electron chi connectivity index (χ1n) is 10.1. The Bertz CT molecular complexity index is 1310. The van der Waals surface area contributed by atoms with Crippen LogP contribution in [-0.2, 0) is 17.8 Å². The van der Waals surface area contributed by atoms with Crippen molar-refractivity contribution in [2.75, 3.05) is 26.3 Å². The zero-order valence-corrected chi connectivity index (χ0v) is 18.4. The molecule has 8 heteroatoms. The number of aromatic nitrogens is 2. The first-order chi connectivity index (χ1) is 15.2. The van der Waals surface area contributed by atoms with Gasteiger partial charge in [0.25, 0.3) is 5.56 Å². The van der Waals surface area contributed by atoms with E-state index in [4.69, 9.17) is 9.72 Å². The van der Waals surface area contributed by atoms with E-state index in [0.717, 1.165) is 39.7 Å². The first kappa shape index (κ1) is 20.1. The highest BCUT2D eigenvalue weighted by atomic mass is 32.1. The van der Waals surface area contributed by atoms with E-state index in [1.807, 2.05) is 41.1 Å². The number of ether oxygens (including phenoxy) is 1. The highest BCUT2D eigenvalue weighted by Gasteiger charge is 2.20. The van der Waals surface area contributed by atoms with Gasteiger partial charge in [0.1, 0.15) is 10.7 Å². The molecular formula is C23H20N4O2S2. The molecule has 6 nitrogen and oxygen atoms in total. The van der Waals surface area contributed by atoms with Gasteiger partial charge in [-0.2, -0.15) is 5.26 Å². The Kier molecular flexibility index (Phi) is 5.66. The summed E-state index contributed by atoms with van der Waals surface area (Å²) in [6, 6.07) is 13.6. The van der Waals surface area contributed by atoms with Gasteiger partial charge in [0.2, 0.25) is 0 Å². The van der Waals surface area contributed by atoms with Crippen LogP contribution in [0.2, 0.25) is 0 Å². The van der Waals surface area contributed by atoms with Crippen LogP contribution in [0.5, 0.6) is 0 Å². The molecular weight excluding hydrogens is 428 g/mol. The van der Waals surface area contributed by atoms with Gasteiger partial charge in [0, 0.05) is 28.9 Å². The van der Waals surface area contributed by atoms with Gasteiger partial charge in [-0.3, -0.25) is 14.3 Å². The number of hydrogen-bond acceptors (Lipinski definition) is 7. The van der Waals surface area contributed by atoms with Crippen LogP contribution in [0.3, 0.4) is 0 Å². The van der Waals surface area contributed by atoms with Gasteiger partial charge >= 0.3 is 0 Å². The summed E-state index contributed by atoms with van der Waals surface area (Å²) in [6.07, 6.45) is 0. The number of benzene rings is 1. The fourth-order valence-electron chi connectivity index (χ4n) is 3.84. The standard InChI is InChI=1S/C23H20N4O2S2/c24-12-16-3-1-4-17(11-16)13-27-20(14-26-6-8-29-9-7-26)25-22-21(23(27)28)18(15-31-22)19-5-2-10-30-19/h1-5,10-11,15H,6-9,13-14H2. The van der Waals surface area contributed by atoms with E-state index in [9.17, 15) is 10.1 Å². The third-order valence-corrected chi connectivity index (χ3v) is 7.20. The molecule has 0 atom stereocenters. The monoisotopic (exact) mass is 448 g/mol. The molecule has 0 amide bonds. The minimum absolute atomic E-state index is 0.0275. The molecule has 3 aromatic heterocycles. The molecule has 0 bridgehead atoms. The van der Waals surface area contributed by atoms with Crippen LogP contribution in [0, 0.1) is 11.3 Å². The topological polar surface area (TPSA) is 71.2 Å². The van der Waals surface area contributed by atoms with E-state index >= 15 is 0 Å². The molecule has 31 heavy (non-hydrogen) atoms. The van der Waals surface area contributed by atoms with Gasteiger partial charge in [-0.15, -0.1) is 22.7 Å². The van der Waals surface area contributed by atoms with Gasteiger partial charge in [-0.25, -0.2) is 4.98 Å². The van der Waals surface area contributed by atoms with E-state index in [1.165, 1.54) is 11.3 Å². The molecule has 0 saturated carbocycles. The fourth-order valence-corrected chi connectivity index (χ4v) is 5.62. The predicted octanol–water partition coefficient (Wildman–Crippen LogP) is 3.94. The third-order valence-electron chi connectivity index (χ3n) is 5.42. The minimum atomic E-state index is -0.0275. The number of rotatable bonds is 5. The van der Waals surface area contributed by atoms with Crippen molar-refractivity contribution in [1.29, 1.82) is 5.26 Å². The van der Waals surface area contributed by atoms with E-state index in [-0.39, 0.29) is 5.56 Å². The maximum Gasteiger partial charge on any atom is 0.263 e. The summed E-state index contributed by atoms with van der Waals surface area (Å²) in [5, 5.41) is 14.0. The lowest BCUT2D eigenvalue weighted by atomic mass is 10.1. The van der Waals surface area contributed by atoms with Crippen LogP contribution in [0.15, 0.2) is 52.0 Å². The summed E-state index contributed by atoms with van der Waals surface area (Å²) in [5.41, 5.74) is 2.42. The lowest BCUT2D eigenvalue weighted by Gasteiger charge is -2.27. The van der Waals surface area contributed by atoms with Crippen molar-refractivity contribution >= 4 is 32.9 Å². The maximum atomic E-state index is 13.8. The molecule has 0 radical (unpaired) electrons. The first-order valence-corrected chi connectivity index (χ1v) is 11.8. The average molecular weight is 449 g/mol. The number of nitriles is 1. The van der Waals surface area contributed by atoms with E-state index in [1.54, 1.807) is 22.0 Å². The molecule has 0 unspecified atom stereocenters. The summed E-state index contributed by atoms with van der Waals surface area (Å²) in [6.45, 7) is 4.01. The quantitative estimate of drug-likeness (QED) is 0.463. The van der Waals surface area contributed by atoms with Crippen LogP contribution in [0.1, 0.15) is 17.0 Å². The van der Waals surface area contributed by atoms with Crippen LogP contribution in [-0.4, -0.2) is 40.8 Å². The Labute approximate surface area is 187 Å². The zero-order chi connectivity index (χ0) is 21.2. The van der Waals surface area contributed by atoms with Crippen molar-refractivity contribution in [3.8, 4) is 16.5 Å². The molecule has 1 aliphatic rings. The van der Waals surface area contributed by atoms with E-state index < -0.39 is 0 Å². The molecule has 0 spiro atoms. The zero-order valence-electron chi connectivity index (χ0n) is 16.8. The second-order valence-electron chi connectivity index (χ2n) is 7.43. The molecule has 4 aromatic rings.